The van der Waals surface area contributed by atoms with Crippen LogP contribution in [-0.4, -0.2) is 31.7 Å². The molecule has 0 saturated carbocycles. The van der Waals surface area contributed by atoms with Gasteiger partial charge in [0.2, 0.25) is 0 Å². The van der Waals surface area contributed by atoms with Gasteiger partial charge in [-0.1, -0.05) is 18.7 Å². The van der Waals surface area contributed by atoms with Crippen molar-refractivity contribution in [2.45, 2.75) is 31.1 Å². The minimum atomic E-state index is -0.389. The smallest absolute Gasteiger partial charge is 0.195 e. The molecule has 0 radical (unpaired) electrons. The maximum atomic E-state index is 13.0. The first-order chi connectivity index (χ1) is 9.65. The molecule has 0 aliphatic rings. The topological polar surface area (TPSA) is 77.0 Å². The highest BCUT2D eigenvalue weighted by atomic mass is 32.2. The fourth-order valence-corrected chi connectivity index (χ4v) is 2.68. The molecule has 0 aliphatic carbocycles. The van der Waals surface area contributed by atoms with Crippen molar-refractivity contribution in [2.24, 2.45) is 5.73 Å². The molecule has 0 saturated heterocycles. The Hall–Kier alpha value is -1.44. The van der Waals surface area contributed by atoms with Gasteiger partial charge >= 0.3 is 0 Å². The summed E-state index contributed by atoms with van der Waals surface area (Å²) in [5.41, 5.74) is 6.41. The average molecular weight is 296 g/mol. The fourth-order valence-electron chi connectivity index (χ4n) is 1.66. The molecule has 20 heavy (non-hydrogen) atoms. The lowest BCUT2D eigenvalue weighted by atomic mass is 10.3. The Morgan fingerprint density at radius 3 is 2.65 bits per heavy atom. The van der Waals surface area contributed by atoms with Gasteiger partial charge in [-0.2, -0.15) is 0 Å². The molecule has 5 nitrogen and oxygen atoms in total. The minimum Gasteiger partial charge on any atom is -0.392 e. The molecule has 7 heteroatoms. The summed E-state index contributed by atoms with van der Waals surface area (Å²) < 4.78 is 14.8. The molecule has 2 rings (SSSR count). The van der Waals surface area contributed by atoms with Gasteiger partial charge in [-0.3, -0.25) is 4.57 Å². The molecule has 2 aromatic rings. The van der Waals surface area contributed by atoms with Crippen LogP contribution in [0.1, 0.15) is 19.2 Å². The molecule has 1 aromatic carbocycles. The Morgan fingerprint density at radius 1 is 1.35 bits per heavy atom. The van der Waals surface area contributed by atoms with E-state index in [4.69, 9.17) is 5.73 Å². The van der Waals surface area contributed by atoms with Gasteiger partial charge in [0.1, 0.15) is 5.82 Å². The van der Waals surface area contributed by atoms with Gasteiger partial charge in [0, 0.05) is 11.4 Å². The molecule has 0 bridgehead atoms. The quantitative estimate of drug-likeness (QED) is 0.794. The monoisotopic (exact) mass is 296 g/mol. The number of nitrogens with zero attached hydrogens (tertiary/aromatic N) is 3. The van der Waals surface area contributed by atoms with Crippen LogP contribution in [0.25, 0.3) is 5.69 Å². The summed E-state index contributed by atoms with van der Waals surface area (Å²) in [5.74, 6) is 0.831. The number of hydrogen-bond acceptors (Lipinski definition) is 5. The second kappa shape index (κ2) is 6.83. The lowest BCUT2D eigenvalue weighted by Crippen LogP contribution is -2.10. The van der Waals surface area contributed by atoms with Gasteiger partial charge in [0.25, 0.3) is 0 Å². The fraction of sp³-hybridized carbons (Fsp3) is 0.385. The standard InChI is InChI=1S/C13H17FN4OS/c1-2-11(19)8-20-13-17-16-12(7-15)18(13)10-5-3-9(14)4-6-10/h3-6,11,19H,2,7-8,15H2,1H3/t11-/m0/s1. The van der Waals surface area contributed by atoms with Crippen LogP contribution in [-0.2, 0) is 6.54 Å². The van der Waals surface area contributed by atoms with Gasteiger partial charge in [0.15, 0.2) is 11.0 Å². The van der Waals surface area contributed by atoms with Crippen molar-refractivity contribution < 1.29 is 9.50 Å². The van der Waals surface area contributed by atoms with E-state index in [2.05, 4.69) is 10.2 Å². The number of thioether (sulfide) groups is 1. The number of aliphatic hydroxyl groups excluding tert-OH is 1. The third-order valence-corrected chi connectivity index (χ3v) is 3.92. The van der Waals surface area contributed by atoms with Crippen molar-refractivity contribution in [3.05, 3.63) is 35.9 Å². The lowest BCUT2D eigenvalue weighted by molar-refractivity contribution is 0.195. The molecule has 1 atom stereocenters. The van der Waals surface area contributed by atoms with Crippen LogP contribution in [0.2, 0.25) is 0 Å². The van der Waals surface area contributed by atoms with Crippen LogP contribution in [0.3, 0.4) is 0 Å². The number of rotatable bonds is 6. The Kier molecular flexibility index (Phi) is 5.11. The Labute approximate surface area is 121 Å². The summed E-state index contributed by atoms with van der Waals surface area (Å²) >= 11 is 1.41. The third kappa shape index (κ3) is 3.36. The predicted octanol–water partition coefficient (Wildman–Crippen LogP) is 1.73. The second-order valence-electron chi connectivity index (χ2n) is 4.29. The Morgan fingerprint density at radius 2 is 2.05 bits per heavy atom. The highest BCUT2D eigenvalue weighted by molar-refractivity contribution is 7.99. The summed E-state index contributed by atoms with van der Waals surface area (Å²) in [7, 11) is 0. The first-order valence-corrected chi connectivity index (χ1v) is 7.35. The van der Waals surface area contributed by atoms with E-state index in [1.54, 1.807) is 16.7 Å². The summed E-state index contributed by atoms with van der Waals surface area (Å²) in [6.45, 7) is 2.16. The van der Waals surface area contributed by atoms with Crippen LogP contribution < -0.4 is 5.73 Å². The Bertz CT molecular complexity index is 558. The number of benzene rings is 1. The van der Waals surface area contributed by atoms with Crippen LogP contribution in [0, 0.1) is 5.82 Å². The molecule has 1 aromatic heterocycles. The lowest BCUT2D eigenvalue weighted by Gasteiger charge is -2.10. The van der Waals surface area contributed by atoms with Crippen molar-refractivity contribution in [1.29, 1.82) is 0 Å². The maximum absolute atomic E-state index is 13.0. The normalized spacial score (nSPS) is 12.6. The largest absolute Gasteiger partial charge is 0.392 e. The van der Waals surface area contributed by atoms with Gasteiger partial charge in [-0.25, -0.2) is 4.39 Å². The van der Waals surface area contributed by atoms with Gasteiger partial charge in [0.05, 0.1) is 12.6 Å². The number of aromatic nitrogens is 3. The van der Waals surface area contributed by atoms with E-state index in [0.29, 0.717) is 23.2 Å². The first kappa shape index (κ1) is 15.0. The van der Waals surface area contributed by atoms with Gasteiger partial charge in [-0.15, -0.1) is 10.2 Å². The van der Waals surface area contributed by atoms with Crippen molar-refractivity contribution in [2.75, 3.05) is 5.75 Å². The Balaban J connectivity index is 2.29. The van der Waals surface area contributed by atoms with Crippen molar-refractivity contribution in [3.8, 4) is 5.69 Å². The van der Waals surface area contributed by atoms with E-state index in [-0.39, 0.29) is 18.5 Å². The summed E-state index contributed by atoms with van der Waals surface area (Å²) in [6, 6.07) is 6.06. The number of halogens is 1. The van der Waals surface area contributed by atoms with Crippen LogP contribution in [0.4, 0.5) is 4.39 Å². The summed E-state index contributed by atoms with van der Waals surface area (Å²) in [4.78, 5) is 0. The zero-order valence-electron chi connectivity index (χ0n) is 11.2. The van der Waals surface area contributed by atoms with Crippen LogP contribution >= 0.6 is 11.8 Å². The van der Waals surface area contributed by atoms with Crippen molar-refractivity contribution in [1.82, 2.24) is 14.8 Å². The molecular formula is C13H17FN4OS. The molecular weight excluding hydrogens is 279 g/mol. The summed E-state index contributed by atoms with van der Waals surface area (Å²) in [5, 5.41) is 18.4. The first-order valence-electron chi connectivity index (χ1n) is 6.36. The highest BCUT2D eigenvalue weighted by Gasteiger charge is 2.14. The molecule has 1 heterocycles. The average Bonchev–Trinajstić information content (AvgIpc) is 2.88. The maximum Gasteiger partial charge on any atom is 0.195 e. The predicted molar refractivity (Wildman–Crippen MR) is 76.2 cm³/mol. The van der Waals surface area contributed by atoms with Crippen LogP contribution in [0.15, 0.2) is 29.4 Å². The van der Waals surface area contributed by atoms with E-state index in [0.717, 1.165) is 5.69 Å². The molecule has 0 fully saturated rings. The van der Waals surface area contributed by atoms with E-state index < -0.39 is 0 Å². The van der Waals surface area contributed by atoms with E-state index in [1.165, 1.54) is 23.9 Å². The number of nitrogens with two attached hydrogens (primary N) is 1. The van der Waals surface area contributed by atoms with Gasteiger partial charge < -0.3 is 10.8 Å². The third-order valence-electron chi connectivity index (χ3n) is 2.84. The number of hydrogen-bond donors (Lipinski definition) is 2. The SMILES string of the molecule is CC[C@H](O)CSc1nnc(CN)n1-c1ccc(F)cc1. The van der Waals surface area contributed by atoms with E-state index >= 15 is 0 Å². The summed E-state index contributed by atoms with van der Waals surface area (Å²) in [6.07, 6.45) is 0.293. The molecule has 3 N–H and O–H groups in total. The molecule has 0 amide bonds. The molecule has 0 aliphatic heterocycles. The zero-order chi connectivity index (χ0) is 14.5. The molecule has 0 spiro atoms. The molecule has 108 valence electrons. The zero-order valence-corrected chi connectivity index (χ0v) is 12.0. The van der Waals surface area contributed by atoms with Crippen molar-refractivity contribution in [3.63, 3.8) is 0 Å². The highest BCUT2D eigenvalue weighted by Crippen LogP contribution is 2.23. The van der Waals surface area contributed by atoms with Crippen LogP contribution in [0.5, 0.6) is 0 Å². The van der Waals surface area contributed by atoms with Crippen molar-refractivity contribution >= 4 is 11.8 Å². The van der Waals surface area contributed by atoms with E-state index in [9.17, 15) is 9.50 Å². The second-order valence-corrected chi connectivity index (χ2v) is 5.27. The minimum absolute atomic E-state index is 0.237. The van der Waals surface area contributed by atoms with Gasteiger partial charge in [-0.05, 0) is 30.7 Å². The molecule has 0 unspecified atom stereocenters. The number of aliphatic hydroxyl groups is 1. The van der Waals surface area contributed by atoms with E-state index in [1.807, 2.05) is 6.92 Å².